The zero-order valence-corrected chi connectivity index (χ0v) is 17.3. The minimum Gasteiger partial charge on any atom is -0.494 e. The molecular formula is C21H26N4O2S. The van der Waals surface area contributed by atoms with E-state index in [2.05, 4.69) is 35.0 Å². The monoisotopic (exact) mass is 398 g/mol. The molecule has 0 spiro atoms. The third-order valence-corrected chi connectivity index (χ3v) is 6.55. The minimum absolute atomic E-state index is 0.230. The first-order chi connectivity index (χ1) is 13.5. The molecule has 1 N–H and O–H groups in total. The number of carbonyl (C=O) groups is 1. The third-order valence-electron chi connectivity index (χ3n) is 5.78. The first-order valence-corrected chi connectivity index (χ1v) is 10.7. The average molecular weight is 399 g/mol. The van der Waals surface area contributed by atoms with E-state index in [-0.39, 0.29) is 5.91 Å². The summed E-state index contributed by atoms with van der Waals surface area (Å²) in [6.07, 6.45) is 8.57. The first-order valence-electron chi connectivity index (χ1n) is 9.83. The Bertz CT molecular complexity index is 956. The van der Waals surface area contributed by atoms with Crippen molar-refractivity contribution in [1.82, 2.24) is 14.8 Å². The Morgan fingerprint density at radius 1 is 1.29 bits per heavy atom. The number of fused-ring (bicyclic) bond motifs is 1. The predicted octanol–water partition coefficient (Wildman–Crippen LogP) is 5.14. The van der Waals surface area contributed by atoms with Gasteiger partial charge in [0.15, 0.2) is 5.01 Å². The molecule has 0 aliphatic heterocycles. The number of ether oxygens (including phenoxy) is 1. The normalized spacial score (nSPS) is 19.9. The molecule has 1 aliphatic carbocycles. The number of nitrogens with one attached hydrogen (secondary N) is 1. The molecule has 3 aromatic rings. The van der Waals surface area contributed by atoms with Crippen molar-refractivity contribution in [3.8, 4) is 5.75 Å². The smallest absolute Gasteiger partial charge is 0.284 e. The molecule has 7 heteroatoms. The van der Waals surface area contributed by atoms with Crippen LogP contribution in [0.25, 0.3) is 10.9 Å². The highest BCUT2D eigenvalue weighted by Gasteiger charge is 2.25. The van der Waals surface area contributed by atoms with Gasteiger partial charge in [-0.15, -0.1) is 11.3 Å². The molecule has 0 bridgehead atoms. The van der Waals surface area contributed by atoms with Crippen LogP contribution in [0.5, 0.6) is 5.75 Å². The van der Waals surface area contributed by atoms with Crippen molar-refractivity contribution in [1.29, 1.82) is 0 Å². The minimum atomic E-state index is -0.230. The lowest BCUT2D eigenvalue weighted by atomic mass is 9.80. The van der Waals surface area contributed by atoms with Crippen LogP contribution in [0.3, 0.4) is 0 Å². The first kappa shape index (κ1) is 18.9. The van der Waals surface area contributed by atoms with Crippen molar-refractivity contribution in [2.45, 2.75) is 45.6 Å². The Kier molecular flexibility index (Phi) is 5.35. The van der Waals surface area contributed by atoms with Crippen LogP contribution in [0.4, 0.5) is 5.69 Å². The molecule has 1 amide bonds. The van der Waals surface area contributed by atoms with Gasteiger partial charge in [0, 0.05) is 29.2 Å². The second-order valence-corrected chi connectivity index (χ2v) is 8.72. The fourth-order valence-electron chi connectivity index (χ4n) is 4.07. The Labute approximate surface area is 168 Å². The van der Waals surface area contributed by atoms with Gasteiger partial charge in [-0.1, -0.05) is 13.8 Å². The molecule has 1 aliphatic rings. The maximum absolute atomic E-state index is 12.4. The molecule has 1 fully saturated rings. The zero-order chi connectivity index (χ0) is 19.7. The molecule has 0 saturated heterocycles. The van der Waals surface area contributed by atoms with E-state index >= 15 is 0 Å². The number of aromatic nitrogens is 3. The highest BCUT2D eigenvalue weighted by Crippen LogP contribution is 2.37. The highest BCUT2D eigenvalue weighted by atomic mass is 32.1. The molecule has 0 atom stereocenters. The number of anilines is 1. The number of thiazole rings is 1. The number of amides is 1. The summed E-state index contributed by atoms with van der Waals surface area (Å²) in [5.41, 5.74) is 1.52. The van der Waals surface area contributed by atoms with Crippen LogP contribution in [0.2, 0.25) is 0 Å². The summed E-state index contributed by atoms with van der Waals surface area (Å²) in [5.74, 6) is 1.96. The van der Waals surface area contributed by atoms with Crippen molar-refractivity contribution in [3.63, 3.8) is 0 Å². The van der Waals surface area contributed by atoms with E-state index in [1.54, 1.807) is 18.7 Å². The standard InChI is InChI=1S/C21H26N4O2S/c1-13(2)14-4-6-16(7-5-14)25-12-15-10-18(19(27-3)11-17(15)24-25)23-20(26)21-22-8-9-28-21/h8-14,16H,4-7H2,1-3H3,(H,23,26)/t14-,16-. The Morgan fingerprint density at radius 2 is 2.07 bits per heavy atom. The van der Waals surface area contributed by atoms with Crippen molar-refractivity contribution in [3.05, 3.63) is 34.9 Å². The molecule has 6 nitrogen and oxygen atoms in total. The van der Waals surface area contributed by atoms with E-state index in [4.69, 9.17) is 9.84 Å². The fraction of sp³-hybridized carbons (Fsp3) is 0.476. The summed E-state index contributed by atoms with van der Waals surface area (Å²) in [5, 5.41) is 10.9. The van der Waals surface area contributed by atoms with Gasteiger partial charge in [-0.2, -0.15) is 5.10 Å². The van der Waals surface area contributed by atoms with Crippen molar-refractivity contribution in [2.75, 3.05) is 12.4 Å². The molecular weight excluding hydrogens is 372 g/mol. The second kappa shape index (κ2) is 7.91. The van der Waals surface area contributed by atoms with Gasteiger partial charge >= 0.3 is 0 Å². The van der Waals surface area contributed by atoms with Gasteiger partial charge in [-0.05, 0) is 43.6 Å². The van der Waals surface area contributed by atoms with Crippen LogP contribution in [0, 0.1) is 11.8 Å². The van der Waals surface area contributed by atoms with Crippen LogP contribution in [0.15, 0.2) is 29.9 Å². The maximum Gasteiger partial charge on any atom is 0.284 e. The molecule has 148 valence electrons. The predicted molar refractivity (Wildman–Crippen MR) is 112 cm³/mol. The van der Waals surface area contributed by atoms with Crippen LogP contribution in [-0.2, 0) is 0 Å². The van der Waals surface area contributed by atoms with Crippen LogP contribution in [0.1, 0.15) is 55.4 Å². The van der Waals surface area contributed by atoms with Gasteiger partial charge in [-0.3, -0.25) is 9.48 Å². The quantitative estimate of drug-likeness (QED) is 0.646. The van der Waals surface area contributed by atoms with Gasteiger partial charge in [0.1, 0.15) is 5.75 Å². The molecule has 0 radical (unpaired) electrons. The summed E-state index contributed by atoms with van der Waals surface area (Å²) in [6.45, 7) is 4.64. The number of rotatable bonds is 5. The van der Waals surface area contributed by atoms with Gasteiger partial charge in [0.25, 0.3) is 5.91 Å². The molecule has 1 saturated carbocycles. The number of methoxy groups -OCH3 is 1. The lowest BCUT2D eigenvalue weighted by Gasteiger charge is -2.30. The van der Waals surface area contributed by atoms with E-state index in [0.29, 0.717) is 22.5 Å². The van der Waals surface area contributed by atoms with Gasteiger partial charge in [0.05, 0.1) is 24.4 Å². The average Bonchev–Trinajstić information content (AvgIpc) is 3.37. The molecule has 1 aromatic carbocycles. The van der Waals surface area contributed by atoms with E-state index in [1.807, 2.05) is 12.1 Å². The van der Waals surface area contributed by atoms with Gasteiger partial charge in [0.2, 0.25) is 0 Å². The maximum atomic E-state index is 12.4. The summed E-state index contributed by atoms with van der Waals surface area (Å²) in [6, 6.07) is 4.27. The largest absolute Gasteiger partial charge is 0.494 e. The highest BCUT2D eigenvalue weighted by molar-refractivity contribution is 7.11. The fourth-order valence-corrected chi connectivity index (χ4v) is 4.60. The van der Waals surface area contributed by atoms with Crippen LogP contribution in [-0.4, -0.2) is 27.8 Å². The van der Waals surface area contributed by atoms with Gasteiger partial charge in [-0.25, -0.2) is 4.98 Å². The summed E-state index contributed by atoms with van der Waals surface area (Å²) in [7, 11) is 1.60. The molecule has 28 heavy (non-hydrogen) atoms. The van der Waals surface area contributed by atoms with Crippen molar-refractivity contribution in [2.24, 2.45) is 11.8 Å². The Hall–Kier alpha value is -2.41. The number of benzene rings is 1. The number of hydrogen-bond acceptors (Lipinski definition) is 5. The Morgan fingerprint density at radius 3 is 2.71 bits per heavy atom. The summed E-state index contributed by atoms with van der Waals surface area (Å²) < 4.78 is 7.59. The number of hydrogen-bond donors (Lipinski definition) is 1. The molecule has 2 heterocycles. The van der Waals surface area contributed by atoms with Crippen LogP contribution < -0.4 is 10.1 Å². The molecule has 2 aromatic heterocycles. The van der Waals surface area contributed by atoms with E-state index in [1.165, 1.54) is 37.0 Å². The van der Waals surface area contributed by atoms with E-state index in [9.17, 15) is 4.79 Å². The number of carbonyl (C=O) groups excluding carboxylic acids is 1. The number of nitrogens with zero attached hydrogens (tertiary/aromatic N) is 3. The lowest BCUT2D eigenvalue weighted by Crippen LogP contribution is -2.21. The SMILES string of the molecule is COc1cc2nn([C@H]3CC[C@H](C(C)C)CC3)cc2cc1NC(=O)c1nccs1. The Balaban J connectivity index is 1.57. The van der Waals surface area contributed by atoms with Gasteiger partial charge < -0.3 is 10.1 Å². The van der Waals surface area contributed by atoms with Crippen molar-refractivity contribution < 1.29 is 9.53 Å². The van der Waals surface area contributed by atoms with Crippen LogP contribution >= 0.6 is 11.3 Å². The zero-order valence-electron chi connectivity index (χ0n) is 16.5. The topological polar surface area (TPSA) is 69.0 Å². The van der Waals surface area contributed by atoms with E-state index < -0.39 is 0 Å². The summed E-state index contributed by atoms with van der Waals surface area (Å²) >= 11 is 1.31. The molecule has 0 unspecified atom stereocenters. The van der Waals surface area contributed by atoms with Crippen molar-refractivity contribution >= 4 is 33.8 Å². The van der Waals surface area contributed by atoms with E-state index in [0.717, 1.165) is 22.7 Å². The summed E-state index contributed by atoms with van der Waals surface area (Å²) in [4.78, 5) is 16.4. The second-order valence-electron chi connectivity index (χ2n) is 7.82. The molecule has 4 rings (SSSR count). The third kappa shape index (κ3) is 3.76. The lowest BCUT2D eigenvalue weighted by molar-refractivity contribution is 0.102.